The molecule has 2 heteroatoms. The highest BCUT2D eigenvalue weighted by atomic mass is 16.1. The molecule has 2 aromatic carbocycles. The first-order chi connectivity index (χ1) is 9.08. The Morgan fingerprint density at radius 3 is 2.16 bits per heavy atom. The molecule has 1 amide bonds. The Balaban J connectivity index is 2.10. The lowest BCUT2D eigenvalue weighted by Crippen LogP contribution is -2.23. The van der Waals surface area contributed by atoms with Crippen LogP contribution in [0.2, 0.25) is 0 Å². The quantitative estimate of drug-likeness (QED) is 0.890. The first kappa shape index (κ1) is 13.3. The van der Waals surface area contributed by atoms with Gasteiger partial charge in [-0.25, -0.2) is 0 Å². The summed E-state index contributed by atoms with van der Waals surface area (Å²) in [5, 5.41) is 2.98. The number of aryl methyl sites for hydroxylation is 3. The first-order valence-corrected chi connectivity index (χ1v) is 6.48. The molecule has 0 fully saturated rings. The topological polar surface area (TPSA) is 29.1 Å². The van der Waals surface area contributed by atoms with Gasteiger partial charge in [-0.05, 0) is 49.6 Å². The standard InChI is InChI=1S/C17H19NO/c1-12-9-13(2)16(14(3)10-12)11-18-17(19)15-7-5-4-6-8-15/h4-10H,11H2,1-3H3,(H,18,19). The minimum absolute atomic E-state index is 0.0278. The van der Waals surface area contributed by atoms with Crippen LogP contribution in [-0.4, -0.2) is 5.91 Å². The van der Waals surface area contributed by atoms with Crippen molar-refractivity contribution in [1.82, 2.24) is 5.32 Å². The lowest BCUT2D eigenvalue weighted by molar-refractivity contribution is 0.0951. The van der Waals surface area contributed by atoms with Crippen LogP contribution in [0.1, 0.15) is 32.6 Å². The number of carbonyl (C=O) groups is 1. The Hall–Kier alpha value is -2.09. The van der Waals surface area contributed by atoms with Gasteiger partial charge in [-0.3, -0.25) is 4.79 Å². The van der Waals surface area contributed by atoms with Crippen LogP contribution in [0.25, 0.3) is 0 Å². The zero-order valence-electron chi connectivity index (χ0n) is 11.7. The van der Waals surface area contributed by atoms with E-state index in [1.165, 1.54) is 22.3 Å². The maximum atomic E-state index is 12.0. The molecule has 2 aromatic rings. The molecule has 0 radical (unpaired) electrons. The van der Waals surface area contributed by atoms with Gasteiger partial charge in [0.25, 0.3) is 5.91 Å². The van der Waals surface area contributed by atoms with Crippen LogP contribution in [0.4, 0.5) is 0 Å². The summed E-state index contributed by atoms with van der Waals surface area (Å²) in [6, 6.07) is 13.6. The van der Waals surface area contributed by atoms with E-state index in [0.29, 0.717) is 12.1 Å². The van der Waals surface area contributed by atoms with E-state index >= 15 is 0 Å². The van der Waals surface area contributed by atoms with E-state index in [-0.39, 0.29) is 5.91 Å². The van der Waals surface area contributed by atoms with E-state index in [9.17, 15) is 4.79 Å². The lowest BCUT2D eigenvalue weighted by Gasteiger charge is -2.12. The number of benzene rings is 2. The predicted octanol–water partition coefficient (Wildman–Crippen LogP) is 3.54. The summed E-state index contributed by atoms with van der Waals surface area (Å²) in [5.74, 6) is -0.0278. The minimum Gasteiger partial charge on any atom is -0.348 e. The van der Waals surface area contributed by atoms with Crippen LogP contribution in [0.15, 0.2) is 42.5 Å². The maximum Gasteiger partial charge on any atom is 0.251 e. The fourth-order valence-corrected chi connectivity index (χ4v) is 2.35. The van der Waals surface area contributed by atoms with Crippen molar-refractivity contribution in [1.29, 1.82) is 0 Å². The van der Waals surface area contributed by atoms with Gasteiger partial charge in [-0.1, -0.05) is 35.9 Å². The molecule has 0 aromatic heterocycles. The van der Waals surface area contributed by atoms with Crippen molar-refractivity contribution in [2.45, 2.75) is 27.3 Å². The summed E-state index contributed by atoms with van der Waals surface area (Å²) < 4.78 is 0. The Kier molecular flexibility index (Phi) is 4.00. The molecule has 98 valence electrons. The Morgan fingerprint density at radius 2 is 1.58 bits per heavy atom. The summed E-state index contributed by atoms with van der Waals surface area (Å²) in [6.07, 6.45) is 0. The largest absolute Gasteiger partial charge is 0.348 e. The van der Waals surface area contributed by atoms with Gasteiger partial charge in [0.15, 0.2) is 0 Å². The van der Waals surface area contributed by atoms with Gasteiger partial charge in [0.2, 0.25) is 0 Å². The van der Waals surface area contributed by atoms with E-state index < -0.39 is 0 Å². The number of hydrogen-bond donors (Lipinski definition) is 1. The highest BCUT2D eigenvalue weighted by molar-refractivity contribution is 5.94. The van der Waals surface area contributed by atoms with Gasteiger partial charge in [0.05, 0.1) is 0 Å². The minimum atomic E-state index is -0.0278. The third kappa shape index (κ3) is 3.22. The predicted molar refractivity (Wildman–Crippen MR) is 78.3 cm³/mol. The Labute approximate surface area is 114 Å². The second-order valence-corrected chi connectivity index (χ2v) is 4.93. The molecule has 2 rings (SSSR count). The molecule has 0 heterocycles. The molecule has 0 saturated heterocycles. The van der Waals surface area contributed by atoms with Gasteiger partial charge < -0.3 is 5.32 Å². The number of hydrogen-bond acceptors (Lipinski definition) is 1. The normalized spacial score (nSPS) is 10.3. The molecule has 0 saturated carbocycles. The van der Waals surface area contributed by atoms with Crippen molar-refractivity contribution in [3.8, 4) is 0 Å². The molecule has 0 bridgehead atoms. The van der Waals surface area contributed by atoms with Crippen molar-refractivity contribution in [2.75, 3.05) is 0 Å². The van der Waals surface area contributed by atoms with Crippen LogP contribution < -0.4 is 5.32 Å². The van der Waals surface area contributed by atoms with E-state index in [1.807, 2.05) is 30.3 Å². The summed E-state index contributed by atoms with van der Waals surface area (Å²) in [6.45, 7) is 6.84. The third-order valence-electron chi connectivity index (χ3n) is 3.30. The SMILES string of the molecule is Cc1cc(C)c(CNC(=O)c2ccccc2)c(C)c1. The Morgan fingerprint density at radius 1 is 1.00 bits per heavy atom. The van der Waals surface area contributed by atoms with Gasteiger partial charge >= 0.3 is 0 Å². The summed E-state index contributed by atoms with van der Waals surface area (Å²) in [7, 11) is 0. The van der Waals surface area contributed by atoms with Gasteiger partial charge in [-0.2, -0.15) is 0 Å². The average Bonchev–Trinajstić information content (AvgIpc) is 2.38. The first-order valence-electron chi connectivity index (χ1n) is 6.48. The molecule has 0 spiro atoms. The van der Waals surface area contributed by atoms with E-state index in [0.717, 1.165) is 0 Å². The highest BCUT2D eigenvalue weighted by Crippen LogP contribution is 2.16. The summed E-state index contributed by atoms with van der Waals surface area (Å²) in [5.41, 5.74) is 5.62. The van der Waals surface area contributed by atoms with Gasteiger partial charge in [0.1, 0.15) is 0 Å². The van der Waals surface area contributed by atoms with Crippen molar-refractivity contribution < 1.29 is 4.79 Å². The van der Waals surface area contributed by atoms with Crippen molar-refractivity contribution >= 4 is 5.91 Å². The van der Waals surface area contributed by atoms with Crippen molar-refractivity contribution in [3.05, 3.63) is 70.3 Å². The van der Waals surface area contributed by atoms with Gasteiger partial charge in [0, 0.05) is 12.1 Å². The van der Waals surface area contributed by atoms with Gasteiger partial charge in [-0.15, -0.1) is 0 Å². The fraction of sp³-hybridized carbons (Fsp3) is 0.235. The third-order valence-corrected chi connectivity index (χ3v) is 3.30. The molecular formula is C17H19NO. The highest BCUT2D eigenvalue weighted by Gasteiger charge is 2.07. The van der Waals surface area contributed by atoms with E-state index in [4.69, 9.17) is 0 Å². The Bertz CT molecular complexity index is 564. The fourth-order valence-electron chi connectivity index (χ4n) is 2.35. The zero-order chi connectivity index (χ0) is 13.8. The zero-order valence-corrected chi connectivity index (χ0v) is 11.7. The maximum absolute atomic E-state index is 12.0. The van der Waals surface area contributed by atoms with Crippen LogP contribution in [-0.2, 0) is 6.54 Å². The molecule has 0 aliphatic rings. The molecular weight excluding hydrogens is 234 g/mol. The molecule has 1 N–H and O–H groups in total. The van der Waals surface area contributed by atoms with Crippen molar-refractivity contribution in [3.63, 3.8) is 0 Å². The van der Waals surface area contributed by atoms with E-state index in [1.54, 1.807) is 0 Å². The summed E-state index contributed by atoms with van der Waals surface area (Å²) in [4.78, 5) is 12.0. The lowest BCUT2D eigenvalue weighted by atomic mass is 10.00. The second-order valence-electron chi connectivity index (χ2n) is 4.93. The van der Waals surface area contributed by atoms with E-state index in [2.05, 4.69) is 38.2 Å². The number of carbonyl (C=O) groups excluding carboxylic acids is 1. The monoisotopic (exact) mass is 253 g/mol. The number of rotatable bonds is 3. The number of nitrogens with one attached hydrogen (secondary N) is 1. The second kappa shape index (κ2) is 5.70. The average molecular weight is 253 g/mol. The van der Waals surface area contributed by atoms with Crippen molar-refractivity contribution in [2.24, 2.45) is 0 Å². The number of amides is 1. The molecule has 0 unspecified atom stereocenters. The molecule has 0 atom stereocenters. The molecule has 19 heavy (non-hydrogen) atoms. The molecule has 0 aliphatic carbocycles. The van der Waals surface area contributed by atoms with Crippen LogP contribution in [0.5, 0.6) is 0 Å². The molecule has 2 nitrogen and oxygen atoms in total. The van der Waals surface area contributed by atoms with Crippen LogP contribution in [0, 0.1) is 20.8 Å². The van der Waals surface area contributed by atoms with Crippen LogP contribution >= 0.6 is 0 Å². The summed E-state index contributed by atoms with van der Waals surface area (Å²) >= 11 is 0. The smallest absolute Gasteiger partial charge is 0.251 e. The molecule has 0 aliphatic heterocycles. The van der Waals surface area contributed by atoms with Crippen LogP contribution in [0.3, 0.4) is 0 Å².